The molecule has 1 aromatic heterocycles. The number of carbonyl (C=O) groups excluding carboxylic acids is 1. The van der Waals surface area contributed by atoms with Crippen molar-refractivity contribution in [3.05, 3.63) is 53.5 Å². The van der Waals surface area contributed by atoms with Crippen molar-refractivity contribution in [2.45, 2.75) is 50.9 Å². The summed E-state index contributed by atoms with van der Waals surface area (Å²) in [5.41, 5.74) is 2.80. The fraction of sp³-hybridized carbons (Fsp3) is 0.476. The zero-order valence-electron chi connectivity index (χ0n) is 15.3. The molecule has 1 unspecified atom stereocenters. The number of aryl methyl sites for hydroxylation is 2. The molecule has 3 rings (SSSR count). The summed E-state index contributed by atoms with van der Waals surface area (Å²) < 4.78 is 11.3. The van der Waals surface area contributed by atoms with Crippen LogP contribution in [-0.2, 0) is 23.4 Å². The lowest BCUT2D eigenvalue weighted by atomic mass is 9.92. The first-order valence-electron chi connectivity index (χ1n) is 9.42. The number of thioether (sulfide) groups is 1. The van der Waals surface area contributed by atoms with Crippen molar-refractivity contribution in [2.75, 3.05) is 12.3 Å². The van der Waals surface area contributed by atoms with Gasteiger partial charge in [0.2, 0.25) is 0 Å². The number of hydrogen-bond acceptors (Lipinski definition) is 4. The highest BCUT2D eigenvalue weighted by molar-refractivity contribution is 7.98. The Labute approximate surface area is 159 Å². The van der Waals surface area contributed by atoms with Gasteiger partial charge >= 0.3 is 0 Å². The third-order valence-corrected chi connectivity index (χ3v) is 5.61. The van der Waals surface area contributed by atoms with E-state index in [1.165, 1.54) is 24.0 Å². The molecule has 1 atom stereocenters. The number of hydrogen-bond donors (Lipinski definition) is 1. The number of rotatable bonds is 9. The predicted octanol–water partition coefficient (Wildman–Crippen LogP) is 4.37. The van der Waals surface area contributed by atoms with Crippen LogP contribution in [0.1, 0.15) is 43.1 Å². The Kier molecular flexibility index (Phi) is 7.06. The maximum atomic E-state index is 12.4. The molecule has 4 nitrogen and oxygen atoms in total. The van der Waals surface area contributed by atoms with Gasteiger partial charge in [0.25, 0.3) is 5.91 Å². The molecule has 0 aliphatic heterocycles. The summed E-state index contributed by atoms with van der Waals surface area (Å²) in [5, 5.41) is 2.98. The zero-order valence-corrected chi connectivity index (χ0v) is 16.1. The first-order valence-corrected chi connectivity index (χ1v) is 10.6. The van der Waals surface area contributed by atoms with Gasteiger partial charge in [-0.3, -0.25) is 4.79 Å². The van der Waals surface area contributed by atoms with Crippen LogP contribution in [0.3, 0.4) is 0 Å². The van der Waals surface area contributed by atoms with Crippen molar-refractivity contribution in [2.24, 2.45) is 0 Å². The number of nitrogens with one attached hydrogen (secondary N) is 1. The third kappa shape index (κ3) is 5.31. The molecule has 0 saturated carbocycles. The molecular weight excluding hydrogens is 346 g/mol. The summed E-state index contributed by atoms with van der Waals surface area (Å²) in [6.07, 6.45) is 6.68. The highest BCUT2D eigenvalue weighted by Crippen LogP contribution is 2.26. The molecule has 0 bridgehead atoms. The van der Waals surface area contributed by atoms with E-state index < -0.39 is 6.10 Å². The molecule has 0 saturated heterocycles. The second-order valence-electron chi connectivity index (χ2n) is 6.58. The first-order chi connectivity index (χ1) is 12.8. The fourth-order valence-corrected chi connectivity index (χ4v) is 3.95. The van der Waals surface area contributed by atoms with Gasteiger partial charge in [-0.1, -0.05) is 13.0 Å². The largest absolute Gasteiger partial charge is 0.481 e. The first kappa shape index (κ1) is 18.9. The van der Waals surface area contributed by atoms with Crippen molar-refractivity contribution in [1.82, 2.24) is 5.32 Å². The molecule has 140 valence electrons. The Morgan fingerprint density at radius 3 is 2.88 bits per heavy atom. The standard InChI is InChI=1S/C21H27NO3S/c1-2-20(21(23)22-11-13-26-15-19-8-5-12-24-19)25-18-10-9-16-6-3-4-7-17(16)14-18/h5,8-10,12,14,20H,2-4,6-7,11,13,15H2,1H3,(H,22,23). The van der Waals surface area contributed by atoms with Crippen LogP contribution in [0.4, 0.5) is 0 Å². The van der Waals surface area contributed by atoms with Crippen LogP contribution >= 0.6 is 11.8 Å². The lowest BCUT2D eigenvalue weighted by molar-refractivity contribution is -0.127. The molecule has 0 spiro atoms. The summed E-state index contributed by atoms with van der Waals surface area (Å²) >= 11 is 1.74. The number of ether oxygens (including phenoxy) is 1. The number of fused-ring (bicyclic) bond motifs is 1. The molecule has 1 aromatic carbocycles. The summed E-state index contributed by atoms with van der Waals surface area (Å²) in [5.74, 6) is 3.40. The van der Waals surface area contributed by atoms with Gasteiger partial charge in [-0.25, -0.2) is 0 Å². The normalized spacial score (nSPS) is 14.5. The summed E-state index contributed by atoms with van der Waals surface area (Å²) in [4.78, 5) is 12.4. The highest BCUT2D eigenvalue weighted by atomic mass is 32.2. The second kappa shape index (κ2) is 9.72. The number of amides is 1. The van der Waals surface area contributed by atoms with Crippen LogP contribution in [0.25, 0.3) is 0 Å². The number of carbonyl (C=O) groups is 1. The average molecular weight is 374 g/mol. The van der Waals surface area contributed by atoms with Gasteiger partial charge in [0.05, 0.1) is 12.0 Å². The Balaban J connectivity index is 1.43. The fourth-order valence-electron chi connectivity index (χ4n) is 3.20. The molecule has 26 heavy (non-hydrogen) atoms. The summed E-state index contributed by atoms with van der Waals surface area (Å²) in [6, 6.07) is 10.1. The molecule has 1 aliphatic rings. The third-order valence-electron chi connectivity index (χ3n) is 4.63. The van der Waals surface area contributed by atoms with E-state index in [-0.39, 0.29) is 5.91 Å². The minimum absolute atomic E-state index is 0.0381. The topological polar surface area (TPSA) is 51.5 Å². The molecule has 5 heteroatoms. The Hall–Kier alpha value is -1.88. The van der Waals surface area contributed by atoms with E-state index in [2.05, 4.69) is 17.4 Å². The molecule has 1 N–H and O–H groups in total. The lowest BCUT2D eigenvalue weighted by Crippen LogP contribution is -2.39. The molecule has 1 heterocycles. The zero-order chi connectivity index (χ0) is 18.2. The van der Waals surface area contributed by atoms with Gasteiger partial charge < -0.3 is 14.5 Å². The predicted molar refractivity (Wildman–Crippen MR) is 106 cm³/mol. The molecule has 0 fully saturated rings. The van der Waals surface area contributed by atoms with Crippen LogP contribution < -0.4 is 10.1 Å². The van der Waals surface area contributed by atoms with Crippen molar-refractivity contribution in [3.63, 3.8) is 0 Å². The van der Waals surface area contributed by atoms with Crippen molar-refractivity contribution < 1.29 is 13.9 Å². The monoisotopic (exact) mass is 373 g/mol. The number of benzene rings is 1. The quantitative estimate of drug-likeness (QED) is 0.663. The minimum Gasteiger partial charge on any atom is -0.481 e. The van der Waals surface area contributed by atoms with Crippen molar-refractivity contribution in [1.29, 1.82) is 0 Å². The van der Waals surface area contributed by atoms with Gasteiger partial charge in [0.1, 0.15) is 11.5 Å². The summed E-state index contributed by atoms with van der Waals surface area (Å²) in [6.45, 7) is 2.61. The van der Waals surface area contributed by atoms with Crippen LogP contribution in [0, 0.1) is 0 Å². The maximum absolute atomic E-state index is 12.4. The Morgan fingerprint density at radius 2 is 2.12 bits per heavy atom. The van der Waals surface area contributed by atoms with E-state index in [0.717, 1.165) is 35.9 Å². The van der Waals surface area contributed by atoms with Crippen LogP contribution in [0.15, 0.2) is 41.0 Å². The Bertz CT molecular complexity index is 699. The van der Waals surface area contributed by atoms with Gasteiger partial charge in [0, 0.05) is 12.3 Å². The molecular formula is C21H27NO3S. The van der Waals surface area contributed by atoms with E-state index in [0.29, 0.717) is 13.0 Å². The molecule has 1 amide bonds. The van der Waals surface area contributed by atoms with Crippen molar-refractivity contribution in [3.8, 4) is 5.75 Å². The van der Waals surface area contributed by atoms with Gasteiger partial charge in [-0.2, -0.15) is 11.8 Å². The maximum Gasteiger partial charge on any atom is 0.261 e. The lowest BCUT2D eigenvalue weighted by Gasteiger charge is -2.20. The van der Waals surface area contributed by atoms with E-state index >= 15 is 0 Å². The minimum atomic E-state index is -0.438. The smallest absolute Gasteiger partial charge is 0.261 e. The molecule has 2 aromatic rings. The molecule has 1 aliphatic carbocycles. The highest BCUT2D eigenvalue weighted by Gasteiger charge is 2.19. The van der Waals surface area contributed by atoms with E-state index in [9.17, 15) is 4.79 Å². The second-order valence-corrected chi connectivity index (χ2v) is 7.68. The van der Waals surface area contributed by atoms with Crippen molar-refractivity contribution >= 4 is 17.7 Å². The van der Waals surface area contributed by atoms with E-state index in [4.69, 9.17) is 9.15 Å². The number of furan rings is 1. The van der Waals surface area contributed by atoms with Gasteiger partial charge in [0.15, 0.2) is 6.10 Å². The van der Waals surface area contributed by atoms with Gasteiger partial charge in [-0.15, -0.1) is 0 Å². The van der Waals surface area contributed by atoms with E-state index in [1.54, 1.807) is 18.0 Å². The van der Waals surface area contributed by atoms with Crippen LogP contribution in [0.2, 0.25) is 0 Å². The summed E-state index contributed by atoms with van der Waals surface area (Å²) in [7, 11) is 0. The van der Waals surface area contributed by atoms with Crippen LogP contribution in [-0.4, -0.2) is 24.3 Å². The average Bonchev–Trinajstić information content (AvgIpc) is 3.19. The van der Waals surface area contributed by atoms with E-state index in [1.807, 2.05) is 25.1 Å². The Morgan fingerprint density at radius 1 is 1.27 bits per heavy atom. The SMILES string of the molecule is CCC(Oc1ccc2c(c1)CCCC2)C(=O)NCCSCc1ccco1. The van der Waals surface area contributed by atoms with Gasteiger partial charge in [-0.05, 0) is 67.5 Å². The van der Waals surface area contributed by atoms with Crippen LogP contribution in [0.5, 0.6) is 5.75 Å². The molecule has 0 radical (unpaired) electrons.